The van der Waals surface area contributed by atoms with Crippen LogP contribution in [0.2, 0.25) is 0 Å². The number of rotatable bonds is 3. The highest BCUT2D eigenvalue weighted by Gasteiger charge is 2.30. The maximum atomic E-state index is 11.9. The lowest BCUT2D eigenvalue weighted by molar-refractivity contribution is -0.131. The number of carbonyl (C=O) groups excluding carboxylic acids is 1. The maximum absolute atomic E-state index is 11.9. The molecule has 82 valence electrons. The molecule has 1 aliphatic heterocycles. The Hall–Kier alpha value is -0.480. The van der Waals surface area contributed by atoms with Gasteiger partial charge in [-0.1, -0.05) is 13.0 Å². The van der Waals surface area contributed by atoms with E-state index in [9.17, 15) is 4.79 Å². The summed E-state index contributed by atoms with van der Waals surface area (Å²) in [5, 5.41) is 2.36. The van der Waals surface area contributed by atoms with Crippen LogP contribution < -0.4 is 0 Å². The Morgan fingerprint density at radius 3 is 3.20 bits per heavy atom. The second-order valence-corrected chi connectivity index (χ2v) is 5.74. The molecule has 15 heavy (non-hydrogen) atoms. The van der Waals surface area contributed by atoms with Crippen molar-refractivity contribution < 1.29 is 4.79 Å². The molecule has 1 aromatic rings. The van der Waals surface area contributed by atoms with E-state index in [2.05, 4.69) is 24.4 Å². The zero-order chi connectivity index (χ0) is 10.7. The van der Waals surface area contributed by atoms with Crippen LogP contribution in [0, 0.1) is 0 Å². The largest absolute Gasteiger partial charge is 0.325 e. The molecule has 1 saturated heterocycles. The van der Waals surface area contributed by atoms with Crippen molar-refractivity contribution >= 4 is 29.0 Å². The molecule has 2 rings (SSSR count). The summed E-state index contributed by atoms with van der Waals surface area (Å²) in [5.74, 6) is 1.37. The van der Waals surface area contributed by atoms with E-state index in [1.165, 1.54) is 4.88 Å². The maximum Gasteiger partial charge on any atom is 0.223 e. The van der Waals surface area contributed by atoms with Crippen molar-refractivity contribution in [3.63, 3.8) is 0 Å². The lowest BCUT2D eigenvalue weighted by Crippen LogP contribution is -2.29. The summed E-state index contributed by atoms with van der Waals surface area (Å²) in [7, 11) is 0. The standard InChI is InChI=1S/C11H15NOS2/c1-2-4-10(13)12-6-8-15-11(12)9-5-3-7-14-9/h3,5,7,11H,2,4,6,8H2,1H3. The normalized spacial score (nSPS) is 20.9. The average molecular weight is 241 g/mol. The van der Waals surface area contributed by atoms with Crippen LogP contribution in [0.1, 0.15) is 30.0 Å². The molecule has 0 bridgehead atoms. The first-order chi connectivity index (χ1) is 7.33. The second kappa shape index (κ2) is 5.03. The van der Waals surface area contributed by atoms with Gasteiger partial charge in [-0.15, -0.1) is 23.1 Å². The summed E-state index contributed by atoms with van der Waals surface area (Å²) in [4.78, 5) is 15.2. The summed E-state index contributed by atoms with van der Waals surface area (Å²) in [6.45, 7) is 2.97. The zero-order valence-electron chi connectivity index (χ0n) is 8.81. The molecule has 1 unspecified atom stereocenters. The van der Waals surface area contributed by atoms with E-state index in [4.69, 9.17) is 0 Å². The number of nitrogens with zero attached hydrogens (tertiary/aromatic N) is 1. The number of hydrogen-bond donors (Lipinski definition) is 0. The van der Waals surface area contributed by atoms with Gasteiger partial charge >= 0.3 is 0 Å². The molecule has 0 saturated carbocycles. The molecule has 1 amide bonds. The number of amides is 1. The fourth-order valence-electron chi connectivity index (χ4n) is 1.75. The third kappa shape index (κ3) is 2.37. The van der Waals surface area contributed by atoms with Crippen molar-refractivity contribution in [3.8, 4) is 0 Å². The summed E-state index contributed by atoms with van der Waals surface area (Å²) in [5.41, 5.74) is 0. The Kier molecular flexibility index (Phi) is 3.70. The number of hydrogen-bond acceptors (Lipinski definition) is 3. The third-order valence-electron chi connectivity index (χ3n) is 2.46. The number of carbonyl (C=O) groups is 1. The van der Waals surface area contributed by atoms with Gasteiger partial charge in [-0.3, -0.25) is 4.79 Å². The fraction of sp³-hybridized carbons (Fsp3) is 0.545. The molecule has 4 heteroatoms. The van der Waals surface area contributed by atoms with Crippen molar-refractivity contribution in [1.82, 2.24) is 4.90 Å². The van der Waals surface area contributed by atoms with E-state index in [1.807, 2.05) is 16.7 Å². The van der Waals surface area contributed by atoms with Gasteiger partial charge in [0.25, 0.3) is 0 Å². The van der Waals surface area contributed by atoms with Crippen LogP contribution >= 0.6 is 23.1 Å². The van der Waals surface area contributed by atoms with Crippen molar-refractivity contribution in [2.24, 2.45) is 0 Å². The predicted octanol–water partition coefficient (Wildman–Crippen LogP) is 3.12. The summed E-state index contributed by atoms with van der Waals surface area (Å²) >= 11 is 3.62. The molecular weight excluding hydrogens is 226 g/mol. The minimum Gasteiger partial charge on any atom is -0.325 e. The van der Waals surface area contributed by atoms with Gasteiger partial charge in [0.1, 0.15) is 5.37 Å². The first kappa shape index (κ1) is 11.0. The lowest BCUT2D eigenvalue weighted by atomic mass is 10.3. The zero-order valence-corrected chi connectivity index (χ0v) is 10.4. The Balaban J connectivity index is 2.08. The predicted molar refractivity (Wildman–Crippen MR) is 66.1 cm³/mol. The fourth-order valence-corrected chi connectivity index (χ4v) is 4.01. The van der Waals surface area contributed by atoms with Crippen LogP contribution in [0.4, 0.5) is 0 Å². The first-order valence-corrected chi connectivity index (χ1v) is 7.20. The summed E-state index contributed by atoms with van der Waals surface area (Å²) in [6.07, 6.45) is 1.62. The molecule has 2 nitrogen and oxygen atoms in total. The van der Waals surface area contributed by atoms with E-state index < -0.39 is 0 Å². The average Bonchev–Trinajstić information content (AvgIpc) is 2.88. The highest BCUT2D eigenvalue weighted by Crippen LogP contribution is 2.40. The summed E-state index contributed by atoms with van der Waals surface area (Å²) in [6, 6.07) is 4.18. The quantitative estimate of drug-likeness (QED) is 0.810. The van der Waals surface area contributed by atoms with Crippen molar-refractivity contribution in [2.45, 2.75) is 25.1 Å². The third-order valence-corrected chi connectivity index (χ3v) is 4.78. The molecule has 1 aromatic heterocycles. The Bertz CT molecular complexity index is 323. The van der Waals surface area contributed by atoms with Gasteiger partial charge in [-0.2, -0.15) is 0 Å². The SMILES string of the molecule is CCCC(=O)N1CCSC1c1cccs1. The van der Waals surface area contributed by atoms with Gasteiger partial charge in [0.2, 0.25) is 5.91 Å². The summed E-state index contributed by atoms with van der Waals surface area (Å²) < 4.78 is 0. The number of thioether (sulfide) groups is 1. The van der Waals surface area contributed by atoms with Crippen LogP contribution in [-0.4, -0.2) is 23.1 Å². The molecule has 1 aliphatic rings. The molecule has 1 fully saturated rings. The topological polar surface area (TPSA) is 20.3 Å². The molecule has 0 spiro atoms. The van der Waals surface area contributed by atoms with Crippen LogP contribution in [0.3, 0.4) is 0 Å². The second-order valence-electron chi connectivity index (χ2n) is 3.58. The molecule has 0 radical (unpaired) electrons. The van der Waals surface area contributed by atoms with Crippen molar-refractivity contribution in [1.29, 1.82) is 0 Å². The molecule has 0 aromatic carbocycles. The minimum atomic E-state index is 0.282. The number of thiophene rings is 1. The van der Waals surface area contributed by atoms with Crippen LogP contribution in [-0.2, 0) is 4.79 Å². The first-order valence-electron chi connectivity index (χ1n) is 5.27. The van der Waals surface area contributed by atoms with Gasteiger partial charge in [0, 0.05) is 23.6 Å². The highest BCUT2D eigenvalue weighted by atomic mass is 32.2. The lowest BCUT2D eigenvalue weighted by Gasteiger charge is -2.22. The molecule has 0 N–H and O–H groups in total. The van der Waals surface area contributed by atoms with Gasteiger partial charge in [0.15, 0.2) is 0 Å². The molecular formula is C11H15NOS2. The Labute approximate surface area is 98.7 Å². The van der Waals surface area contributed by atoms with Crippen LogP contribution in [0.25, 0.3) is 0 Å². The van der Waals surface area contributed by atoms with Crippen molar-refractivity contribution in [2.75, 3.05) is 12.3 Å². The van der Waals surface area contributed by atoms with Gasteiger partial charge in [-0.05, 0) is 17.9 Å². The molecule has 0 aliphatic carbocycles. The van der Waals surface area contributed by atoms with Crippen molar-refractivity contribution in [3.05, 3.63) is 22.4 Å². The Morgan fingerprint density at radius 1 is 1.67 bits per heavy atom. The molecule has 1 atom stereocenters. The van der Waals surface area contributed by atoms with Crippen LogP contribution in [0.5, 0.6) is 0 Å². The van der Waals surface area contributed by atoms with E-state index in [-0.39, 0.29) is 5.37 Å². The van der Waals surface area contributed by atoms with E-state index in [1.54, 1.807) is 11.3 Å². The van der Waals surface area contributed by atoms with Gasteiger partial charge in [-0.25, -0.2) is 0 Å². The van der Waals surface area contributed by atoms with E-state index >= 15 is 0 Å². The van der Waals surface area contributed by atoms with Gasteiger partial charge in [0.05, 0.1) is 0 Å². The minimum absolute atomic E-state index is 0.282. The van der Waals surface area contributed by atoms with Crippen LogP contribution in [0.15, 0.2) is 17.5 Å². The monoisotopic (exact) mass is 241 g/mol. The smallest absolute Gasteiger partial charge is 0.223 e. The van der Waals surface area contributed by atoms with Gasteiger partial charge < -0.3 is 4.90 Å². The molecule has 2 heterocycles. The Morgan fingerprint density at radius 2 is 2.53 bits per heavy atom. The van der Waals surface area contributed by atoms with E-state index in [0.29, 0.717) is 12.3 Å². The highest BCUT2D eigenvalue weighted by molar-refractivity contribution is 7.99. The van der Waals surface area contributed by atoms with E-state index in [0.717, 1.165) is 18.7 Å².